The molecule has 0 bridgehead atoms. The molecule has 0 atom stereocenters. The predicted molar refractivity (Wildman–Crippen MR) is 95.9 cm³/mol. The van der Waals surface area contributed by atoms with E-state index in [4.69, 9.17) is 4.42 Å². The second-order valence-corrected chi connectivity index (χ2v) is 4.66. The number of nitrogens with zero attached hydrogens (tertiary/aromatic N) is 1. The van der Waals surface area contributed by atoms with Crippen molar-refractivity contribution < 1.29 is 4.42 Å². The number of unbranched alkanes of at least 4 members (excludes halogenated alkanes) is 1. The fraction of sp³-hybridized carbons (Fsp3) is 0.533. The van der Waals surface area contributed by atoms with Gasteiger partial charge in [-0.15, -0.1) is 24.0 Å². The minimum atomic E-state index is 0. The van der Waals surface area contributed by atoms with Crippen LogP contribution in [0, 0.1) is 0 Å². The van der Waals surface area contributed by atoms with Crippen molar-refractivity contribution in [3.8, 4) is 0 Å². The van der Waals surface area contributed by atoms with E-state index >= 15 is 0 Å². The molecule has 4 nitrogen and oxygen atoms in total. The SMILES string of the molecule is C=C(C)CN=C(NCCCC)NCCc1ccco1.I. The van der Waals surface area contributed by atoms with Crippen LogP contribution in [0.5, 0.6) is 0 Å². The Kier molecular flexibility index (Phi) is 11.2. The predicted octanol–water partition coefficient (Wildman–Crippen LogP) is 3.35. The molecule has 0 amide bonds. The Bertz CT molecular complexity index is 388. The van der Waals surface area contributed by atoms with Crippen molar-refractivity contribution >= 4 is 29.9 Å². The zero-order chi connectivity index (χ0) is 13.9. The zero-order valence-electron chi connectivity index (χ0n) is 12.4. The summed E-state index contributed by atoms with van der Waals surface area (Å²) in [5.74, 6) is 1.84. The number of halogens is 1. The Morgan fingerprint density at radius 1 is 1.35 bits per heavy atom. The second kappa shape index (κ2) is 11.8. The van der Waals surface area contributed by atoms with Gasteiger partial charge in [0.1, 0.15) is 5.76 Å². The van der Waals surface area contributed by atoms with Crippen LogP contribution >= 0.6 is 24.0 Å². The fourth-order valence-corrected chi connectivity index (χ4v) is 1.53. The normalized spacial score (nSPS) is 10.8. The van der Waals surface area contributed by atoms with E-state index in [1.165, 1.54) is 6.42 Å². The maximum Gasteiger partial charge on any atom is 0.191 e. The molecule has 1 rings (SSSR count). The third-order valence-corrected chi connectivity index (χ3v) is 2.57. The Morgan fingerprint density at radius 2 is 2.10 bits per heavy atom. The van der Waals surface area contributed by atoms with Gasteiger partial charge < -0.3 is 15.1 Å². The number of aliphatic imine (C=N–C) groups is 1. The molecule has 0 spiro atoms. The van der Waals surface area contributed by atoms with Gasteiger partial charge in [0.05, 0.1) is 12.8 Å². The molecule has 1 aromatic heterocycles. The molecule has 0 unspecified atom stereocenters. The summed E-state index contributed by atoms with van der Waals surface area (Å²) in [7, 11) is 0. The van der Waals surface area contributed by atoms with E-state index < -0.39 is 0 Å². The Morgan fingerprint density at radius 3 is 2.70 bits per heavy atom. The van der Waals surface area contributed by atoms with E-state index in [0.717, 1.165) is 43.2 Å². The van der Waals surface area contributed by atoms with E-state index in [2.05, 4.69) is 29.1 Å². The summed E-state index contributed by atoms with van der Waals surface area (Å²) in [4.78, 5) is 4.48. The van der Waals surface area contributed by atoms with Crippen molar-refractivity contribution in [3.05, 3.63) is 36.3 Å². The van der Waals surface area contributed by atoms with Crippen LogP contribution in [0.4, 0.5) is 0 Å². The van der Waals surface area contributed by atoms with Gasteiger partial charge in [-0.05, 0) is 25.5 Å². The first-order valence-corrected chi connectivity index (χ1v) is 6.91. The first-order valence-electron chi connectivity index (χ1n) is 6.91. The minimum Gasteiger partial charge on any atom is -0.469 e. The molecule has 1 heterocycles. The number of hydrogen-bond donors (Lipinski definition) is 2. The van der Waals surface area contributed by atoms with Gasteiger partial charge in [-0.1, -0.05) is 25.5 Å². The molecule has 5 heteroatoms. The van der Waals surface area contributed by atoms with Gasteiger partial charge >= 0.3 is 0 Å². The van der Waals surface area contributed by atoms with Gasteiger partial charge in [-0.25, -0.2) is 4.99 Å². The Balaban J connectivity index is 0.00000361. The summed E-state index contributed by atoms with van der Waals surface area (Å²) in [5, 5.41) is 6.63. The maximum absolute atomic E-state index is 5.30. The second-order valence-electron chi connectivity index (χ2n) is 4.66. The molecule has 0 radical (unpaired) electrons. The molecule has 114 valence electrons. The van der Waals surface area contributed by atoms with Crippen molar-refractivity contribution in [3.63, 3.8) is 0 Å². The summed E-state index contributed by atoms with van der Waals surface area (Å²) in [5.41, 5.74) is 1.06. The topological polar surface area (TPSA) is 49.6 Å². The van der Waals surface area contributed by atoms with Crippen LogP contribution in [0.3, 0.4) is 0 Å². The number of nitrogens with one attached hydrogen (secondary N) is 2. The van der Waals surface area contributed by atoms with Crippen molar-refractivity contribution in [1.29, 1.82) is 0 Å². The quantitative estimate of drug-likeness (QED) is 0.235. The highest BCUT2D eigenvalue weighted by Crippen LogP contribution is 1.99. The molecule has 0 fully saturated rings. The van der Waals surface area contributed by atoms with Crippen LogP contribution in [0.1, 0.15) is 32.4 Å². The van der Waals surface area contributed by atoms with Crippen molar-refractivity contribution in [1.82, 2.24) is 10.6 Å². The first-order chi connectivity index (χ1) is 9.22. The first kappa shape index (κ1) is 19.0. The average Bonchev–Trinajstić information content (AvgIpc) is 2.88. The van der Waals surface area contributed by atoms with E-state index in [0.29, 0.717) is 6.54 Å². The monoisotopic (exact) mass is 391 g/mol. The lowest BCUT2D eigenvalue weighted by molar-refractivity contribution is 0.506. The molecule has 0 aromatic carbocycles. The largest absolute Gasteiger partial charge is 0.469 e. The van der Waals surface area contributed by atoms with Gasteiger partial charge in [0.15, 0.2) is 5.96 Å². The lowest BCUT2D eigenvalue weighted by Crippen LogP contribution is -2.39. The maximum atomic E-state index is 5.30. The van der Waals surface area contributed by atoms with E-state index in [9.17, 15) is 0 Å². The van der Waals surface area contributed by atoms with Crippen molar-refractivity contribution in [2.75, 3.05) is 19.6 Å². The van der Waals surface area contributed by atoms with E-state index in [-0.39, 0.29) is 24.0 Å². The van der Waals surface area contributed by atoms with Crippen molar-refractivity contribution in [2.24, 2.45) is 4.99 Å². The summed E-state index contributed by atoms with van der Waals surface area (Å²) in [6.45, 7) is 10.4. The number of rotatable bonds is 8. The summed E-state index contributed by atoms with van der Waals surface area (Å²) in [6, 6.07) is 3.89. The average molecular weight is 391 g/mol. The highest BCUT2D eigenvalue weighted by atomic mass is 127. The van der Waals surface area contributed by atoms with Crippen molar-refractivity contribution in [2.45, 2.75) is 33.1 Å². The standard InChI is InChI=1S/C15H25N3O.HI/c1-4-5-9-16-15(18-12-13(2)3)17-10-8-14-7-6-11-19-14;/h6-7,11H,2,4-5,8-10,12H2,1,3H3,(H2,16,17,18);1H. The summed E-state index contributed by atoms with van der Waals surface area (Å²) >= 11 is 0. The van der Waals surface area contributed by atoms with Crippen LogP contribution in [0.15, 0.2) is 40.0 Å². The molecular weight excluding hydrogens is 365 g/mol. The molecule has 0 aliphatic rings. The van der Waals surface area contributed by atoms with Crippen LogP contribution in [-0.4, -0.2) is 25.6 Å². The third-order valence-electron chi connectivity index (χ3n) is 2.57. The van der Waals surface area contributed by atoms with Gasteiger partial charge in [-0.2, -0.15) is 0 Å². The molecule has 0 saturated carbocycles. The smallest absolute Gasteiger partial charge is 0.191 e. The lowest BCUT2D eigenvalue weighted by Gasteiger charge is -2.11. The number of hydrogen-bond acceptors (Lipinski definition) is 2. The van der Waals surface area contributed by atoms with E-state index in [1.807, 2.05) is 19.1 Å². The van der Waals surface area contributed by atoms with Crippen LogP contribution in [0.2, 0.25) is 0 Å². The Labute approximate surface area is 139 Å². The Hall–Kier alpha value is -0.980. The molecule has 0 saturated heterocycles. The lowest BCUT2D eigenvalue weighted by atomic mass is 10.3. The highest BCUT2D eigenvalue weighted by molar-refractivity contribution is 14.0. The highest BCUT2D eigenvalue weighted by Gasteiger charge is 1.99. The van der Waals surface area contributed by atoms with Gasteiger partial charge in [0.2, 0.25) is 0 Å². The molecular formula is C15H26IN3O. The minimum absolute atomic E-state index is 0. The molecule has 0 aliphatic heterocycles. The number of furan rings is 1. The molecule has 2 N–H and O–H groups in total. The van der Waals surface area contributed by atoms with Gasteiger partial charge in [0, 0.05) is 19.5 Å². The van der Waals surface area contributed by atoms with Gasteiger partial charge in [0.25, 0.3) is 0 Å². The van der Waals surface area contributed by atoms with Gasteiger partial charge in [-0.3, -0.25) is 0 Å². The third kappa shape index (κ3) is 9.01. The summed E-state index contributed by atoms with van der Waals surface area (Å²) in [6.07, 6.45) is 4.87. The van der Waals surface area contributed by atoms with Crippen LogP contribution < -0.4 is 10.6 Å². The zero-order valence-corrected chi connectivity index (χ0v) is 14.8. The van der Waals surface area contributed by atoms with Crippen LogP contribution in [0.25, 0.3) is 0 Å². The fourth-order valence-electron chi connectivity index (χ4n) is 1.53. The molecule has 1 aromatic rings. The summed E-state index contributed by atoms with van der Waals surface area (Å²) < 4.78 is 5.30. The molecule has 20 heavy (non-hydrogen) atoms. The molecule has 0 aliphatic carbocycles. The van der Waals surface area contributed by atoms with E-state index in [1.54, 1.807) is 6.26 Å². The number of guanidine groups is 1. The van der Waals surface area contributed by atoms with Crippen LogP contribution in [-0.2, 0) is 6.42 Å².